The zero-order valence-electron chi connectivity index (χ0n) is 15.8. The minimum Gasteiger partial charge on any atom is -0.369 e. The number of fused-ring (bicyclic) bond motifs is 1. The second-order valence-corrected chi connectivity index (χ2v) is 8.04. The largest absolute Gasteiger partial charge is 0.369 e. The molecule has 2 unspecified atom stereocenters. The van der Waals surface area contributed by atoms with Gasteiger partial charge in [-0.05, 0) is 43.2 Å². The number of carbonyl (C=O) groups excluding carboxylic acids is 2. The summed E-state index contributed by atoms with van der Waals surface area (Å²) in [6.45, 7) is 3.97. The highest BCUT2D eigenvalue weighted by atomic mass is 35.5. The van der Waals surface area contributed by atoms with Gasteiger partial charge < -0.3 is 11.1 Å². The van der Waals surface area contributed by atoms with E-state index in [0.29, 0.717) is 22.2 Å². The van der Waals surface area contributed by atoms with E-state index in [9.17, 15) is 9.59 Å². The van der Waals surface area contributed by atoms with Crippen molar-refractivity contribution in [2.45, 2.75) is 38.3 Å². The third-order valence-electron chi connectivity index (χ3n) is 5.34. The predicted molar refractivity (Wildman–Crippen MR) is 113 cm³/mol. The maximum absolute atomic E-state index is 13.4. The molecule has 5 nitrogen and oxygen atoms in total. The van der Waals surface area contributed by atoms with Gasteiger partial charge in [0.15, 0.2) is 0 Å². The molecule has 0 bridgehead atoms. The minimum atomic E-state index is -1.09. The van der Waals surface area contributed by atoms with Gasteiger partial charge in [-0.15, -0.1) is 0 Å². The summed E-state index contributed by atoms with van der Waals surface area (Å²) in [5.74, 6) is -0.688. The summed E-state index contributed by atoms with van der Waals surface area (Å²) in [5.41, 5.74) is 6.80. The number of hydrogen-bond donors (Lipinski definition) is 2. The highest BCUT2D eigenvalue weighted by Crippen LogP contribution is 2.45. The van der Waals surface area contributed by atoms with Crippen molar-refractivity contribution in [3.63, 3.8) is 0 Å². The van der Waals surface area contributed by atoms with Gasteiger partial charge in [0.2, 0.25) is 11.8 Å². The first-order valence-corrected chi connectivity index (χ1v) is 9.94. The van der Waals surface area contributed by atoms with Crippen molar-refractivity contribution in [3.8, 4) is 0 Å². The highest BCUT2D eigenvalue weighted by molar-refractivity contribution is 6.31. The van der Waals surface area contributed by atoms with Crippen molar-refractivity contribution >= 4 is 40.7 Å². The number of amides is 2. The number of primary amides is 1. The Balaban J connectivity index is 2.22. The Bertz CT molecular complexity index is 918. The average Bonchev–Trinajstić information content (AvgIpc) is 2.90. The van der Waals surface area contributed by atoms with E-state index in [4.69, 9.17) is 28.9 Å². The molecule has 3 N–H and O–H groups in total. The molecule has 0 saturated heterocycles. The van der Waals surface area contributed by atoms with Gasteiger partial charge in [-0.25, -0.2) is 0 Å². The van der Waals surface area contributed by atoms with Crippen molar-refractivity contribution in [1.29, 1.82) is 0 Å². The maximum Gasteiger partial charge on any atom is 0.249 e. The van der Waals surface area contributed by atoms with Crippen molar-refractivity contribution in [2.24, 2.45) is 5.73 Å². The van der Waals surface area contributed by atoms with E-state index in [-0.39, 0.29) is 18.5 Å². The van der Waals surface area contributed by atoms with Crippen LogP contribution in [0, 0.1) is 0 Å². The normalized spacial score (nSPS) is 19.4. The van der Waals surface area contributed by atoms with Gasteiger partial charge in [0.1, 0.15) is 5.54 Å². The fourth-order valence-corrected chi connectivity index (χ4v) is 4.27. The number of nitrogens with two attached hydrogens (primary N) is 1. The second-order valence-electron chi connectivity index (χ2n) is 7.16. The number of nitrogens with zero attached hydrogens (tertiary/aromatic N) is 1. The highest BCUT2D eigenvalue weighted by Gasteiger charge is 2.52. The van der Waals surface area contributed by atoms with Gasteiger partial charge in [-0.1, -0.05) is 48.3 Å². The van der Waals surface area contributed by atoms with Crippen molar-refractivity contribution < 1.29 is 9.59 Å². The van der Waals surface area contributed by atoms with Crippen LogP contribution in [0.2, 0.25) is 10.0 Å². The SMILES string of the molecule is CCC(C)N(CC(N)=O)C1(Cc2cccc(Cl)c2)C(=O)Nc2cc(Cl)ccc21. The molecule has 0 saturated carbocycles. The van der Waals surface area contributed by atoms with Crippen LogP contribution in [0.4, 0.5) is 5.69 Å². The van der Waals surface area contributed by atoms with E-state index in [1.54, 1.807) is 18.2 Å². The number of benzene rings is 2. The molecule has 0 spiro atoms. The van der Waals surface area contributed by atoms with E-state index >= 15 is 0 Å². The van der Waals surface area contributed by atoms with Crippen molar-refractivity contribution in [2.75, 3.05) is 11.9 Å². The van der Waals surface area contributed by atoms with Gasteiger partial charge in [-0.3, -0.25) is 14.5 Å². The maximum atomic E-state index is 13.4. The molecule has 28 heavy (non-hydrogen) atoms. The molecule has 1 aliphatic rings. The first-order valence-electron chi connectivity index (χ1n) is 9.19. The van der Waals surface area contributed by atoms with Gasteiger partial charge in [0.25, 0.3) is 0 Å². The molecule has 148 valence electrons. The monoisotopic (exact) mass is 419 g/mol. The van der Waals surface area contributed by atoms with E-state index < -0.39 is 11.4 Å². The van der Waals surface area contributed by atoms with Crippen LogP contribution in [-0.2, 0) is 21.5 Å². The average molecular weight is 420 g/mol. The molecule has 0 radical (unpaired) electrons. The molecule has 7 heteroatoms. The Labute approximate surface area is 174 Å². The molecule has 3 rings (SSSR count). The summed E-state index contributed by atoms with van der Waals surface area (Å²) in [4.78, 5) is 27.2. The molecule has 2 atom stereocenters. The number of hydrogen-bond acceptors (Lipinski definition) is 3. The molecule has 2 amide bonds. The van der Waals surface area contributed by atoms with Gasteiger partial charge >= 0.3 is 0 Å². The zero-order valence-corrected chi connectivity index (χ0v) is 17.3. The van der Waals surface area contributed by atoms with E-state index in [1.165, 1.54) is 0 Å². The Hall–Kier alpha value is -2.08. The molecule has 1 heterocycles. The van der Waals surface area contributed by atoms with Crippen LogP contribution in [-0.4, -0.2) is 29.3 Å². The van der Waals surface area contributed by atoms with Crippen LogP contribution in [0.1, 0.15) is 31.4 Å². The second kappa shape index (κ2) is 8.11. The number of nitrogens with one attached hydrogen (secondary N) is 1. The zero-order chi connectivity index (χ0) is 20.5. The lowest BCUT2D eigenvalue weighted by Gasteiger charge is -2.43. The predicted octanol–water partition coefficient (Wildman–Crippen LogP) is 3.97. The van der Waals surface area contributed by atoms with Crippen LogP contribution in [0.25, 0.3) is 0 Å². The third-order valence-corrected chi connectivity index (χ3v) is 5.81. The summed E-state index contributed by atoms with van der Waals surface area (Å²) in [7, 11) is 0. The van der Waals surface area contributed by atoms with Crippen LogP contribution in [0.5, 0.6) is 0 Å². The number of halogens is 2. The lowest BCUT2D eigenvalue weighted by atomic mass is 9.81. The fraction of sp³-hybridized carbons (Fsp3) is 0.333. The molecule has 1 aliphatic heterocycles. The number of rotatable bonds is 7. The summed E-state index contributed by atoms with van der Waals surface area (Å²) in [6.07, 6.45) is 1.10. The molecule has 2 aromatic carbocycles. The van der Waals surface area contributed by atoms with E-state index in [1.807, 2.05) is 43.0 Å². The number of carbonyl (C=O) groups is 2. The Kier molecular flexibility index (Phi) is 5.98. The van der Waals surface area contributed by atoms with E-state index in [2.05, 4.69) is 5.32 Å². The summed E-state index contributed by atoms with van der Waals surface area (Å²) in [6, 6.07) is 12.7. The molecule has 2 aromatic rings. The molecule has 0 aliphatic carbocycles. The molecule has 0 fully saturated rings. The smallest absolute Gasteiger partial charge is 0.249 e. The first-order chi connectivity index (χ1) is 13.3. The quantitative estimate of drug-likeness (QED) is 0.712. The third kappa shape index (κ3) is 3.75. The topological polar surface area (TPSA) is 75.4 Å². The van der Waals surface area contributed by atoms with E-state index in [0.717, 1.165) is 17.5 Å². The van der Waals surface area contributed by atoms with Crippen LogP contribution in [0.15, 0.2) is 42.5 Å². The summed E-state index contributed by atoms with van der Waals surface area (Å²) < 4.78 is 0. The lowest BCUT2D eigenvalue weighted by molar-refractivity contribution is -0.133. The van der Waals surface area contributed by atoms with Crippen molar-refractivity contribution in [1.82, 2.24) is 4.90 Å². The lowest BCUT2D eigenvalue weighted by Crippen LogP contribution is -2.58. The van der Waals surface area contributed by atoms with Gasteiger partial charge in [-0.2, -0.15) is 0 Å². The molecule has 0 aromatic heterocycles. The summed E-state index contributed by atoms with van der Waals surface area (Å²) in [5, 5.41) is 4.07. The summed E-state index contributed by atoms with van der Waals surface area (Å²) >= 11 is 12.3. The van der Waals surface area contributed by atoms with Crippen LogP contribution >= 0.6 is 23.2 Å². The fourth-order valence-electron chi connectivity index (χ4n) is 3.89. The van der Waals surface area contributed by atoms with Crippen LogP contribution < -0.4 is 11.1 Å². The van der Waals surface area contributed by atoms with Crippen molar-refractivity contribution in [3.05, 3.63) is 63.6 Å². The Morgan fingerprint density at radius 2 is 1.93 bits per heavy atom. The minimum absolute atomic E-state index is 0.0366. The van der Waals surface area contributed by atoms with Crippen LogP contribution in [0.3, 0.4) is 0 Å². The van der Waals surface area contributed by atoms with Gasteiger partial charge in [0, 0.05) is 33.8 Å². The Morgan fingerprint density at radius 3 is 2.57 bits per heavy atom. The molecular weight excluding hydrogens is 397 g/mol. The Morgan fingerprint density at radius 1 is 1.21 bits per heavy atom. The molecular formula is C21H23Cl2N3O2. The standard InChI is InChI=1S/C21H23Cl2N3O2/c1-3-13(2)26(12-19(24)27)21(11-14-5-4-6-15(22)9-14)17-8-7-16(23)10-18(17)25-20(21)28/h4-10,13H,3,11-12H2,1-2H3,(H2,24,27)(H,25,28). The first kappa shape index (κ1) is 20.6. The van der Waals surface area contributed by atoms with Gasteiger partial charge in [0.05, 0.1) is 6.54 Å². The number of anilines is 1.